The number of hydrogen-bond donors (Lipinski definition) is 0. The lowest BCUT2D eigenvalue weighted by Gasteiger charge is -2.34. The summed E-state index contributed by atoms with van der Waals surface area (Å²) in [5.41, 5.74) is -0.575. The van der Waals surface area contributed by atoms with Crippen molar-refractivity contribution in [2.24, 2.45) is 4.99 Å². The summed E-state index contributed by atoms with van der Waals surface area (Å²) in [5.74, 6) is -0.242. The normalized spacial score (nSPS) is 19.0. The Hall–Kier alpha value is -0.570. The zero-order valence-electron chi connectivity index (χ0n) is 6.50. The molecular formula is C7H12ClNO2. The second kappa shape index (κ2) is 3.72. The van der Waals surface area contributed by atoms with Gasteiger partial charge in [-0.3, -0.25) is 4.99 Å². The molecule has 0 aromatic heterocycles. The highest BCUT2D eigenvalue weighted by atomic mass is 35.5. The van der Waals surface area contributed by atoms with Gasteiger partial charge in [-0.2, -0.15) is 0 Å². The summed E-state index contributed by atoms with van der Waals surface area (Å²) >= 11 is 0. The molecule has 1 rings (SSSR count). The Morgan fingerprint density at radius 2 is 2.18 bits per heavy atom. The first-order valence-electron chi connectivity index (χ1n) is 3.31. The summed E-state index contributed by atoms with van der Waals surface area (Å²) in [4.78, 5) is 14.8. The first-order chi connectivity index (χ1) is 4.75. The number of methoxy groups -OCH3 is 1. The molecule has 0 aromatic carbocycles. The predicted octanol–water partition coefficient (Wildman–Crippen LogP) is 1.20. The van der Waals surface area contributed by atoms with Crippen LogP contribution in [0.15, 0.2) is 4.99 Å². The van der Waals surface area contributed by atoms with Crippen molar-refractivity contribution < 1.29 is 9.53 Å². The van der Waals surface area contributed by atoms with Gasteiger partial charge in [0.1, 0.15) is 0 Å². The molecule has 0 amide bonds. The monoisotopic (exact) mass is 177 g/mol. The van der Waals surface area contributed by atoms with Crippen molar-refractivity contribution in [3.05, 3.63) is 0 Å². The molecule has 4 heteroatoms. The highest BCUT2D eigenvalue weighted by molar-refractivity contribution is 5.85. The number of halogens is 1. The van der Waals surface area contributed by atoms with Crippen LogP contribution in [0.25, 0.3) is 0 Å². The van der Waals surface area contributed by atoms with Crippen molar-refractivity contribution in [2.75, 3.05) is 7.11 Å². The minimum Gasteiger partial charge on any atom is -0.467 e. The van der Waals surface area contributed by atoms with E-state index in [9.17, 15) is 4.79 Å². The number of esters is 1. The maximum atomic E-state index is 11.0. The molecule has 0 heterocycles. The minimum absolute atomic E-state index is 0. The van der Waals surface area contributed by atoms with E-state index in [0.29, 0.717) is 0 Å². The molecule has 1 fully saturated rings. The van der Waals surface area contributed by atoms with Gasteiger partial charge >= 0.3 is 5.97 Å². The smallest absolute Gasteiger partial charge is 0.333 e. The van der Waals surface area contributed by atoms with E-state index in [1.807, 2.05) is 0 Å². The summed E-state index contributed by atoms with van der Waals surface area (Å²) in [5, 5.41) is 0. The van der Waals surface area contributed by atoms with Crippen molar-refractivity contribution in [2.45, 2.75) is 24.8 Å². The highest BCUT2D eigenvalue weighted by Crippen LogP contribution is 2.36. The van der Waals surface area contributed by atoms with Crippen LogP contribution in [-0.2, 0) is 9.53 Å². The van der Waals surface area contributed by atoms with Gasteiger partial charge in [0.2, 0.25) is 0 Å². The highest BCUT2D eigenvalue weighted by Gasteiger charge is 2.44. The Morgan fingerprint density at radius 1 is 1.64 bits per heavy atom. The third kappa shape index (κ3) is 1.53. The number of ether oxygens (including phenoxy) is 1. The maximum absolute atomic E-state index is 11.0. The molecule has 0 atom stereocenters. The van der Waals surface area contributed by atoms with E-state index in [2.05, 4.69) is 16.4 Å². The molecule has 1 saturated carbocycles. The Balaban J connectivity index is 0.000001000. The van der Waals surface area contributed by atoms with E-state index in [0.717, 1.165) is 19.3 Å². The number of hydrogen-bond acceptors (Lipinski definition) is 3. The average molecular weight is 178 g/mol. The molecule has 11 heavy (non-hydrogen) atoms. The molecular weight excluding hydrogens is 166 g/mol. The van der Waals surface area contributed by atoms with Crippen LogP contribution in [0.5, 0.6) is 0 Å². The van der Waals surface area contributed by atoms with Crippen LogP contribution in [0.4, 0.5) is 0 Å². The molecule has 0 spiro atoms. The largest absolute Gasteiger partial charge is 0.467 e. The first kappa shape index (κ1) is 10.4. The van der Waals surface area contributed by atoms with Gasteiger partial charge in [0.15, 0.2) is 5.54 Å². The second-order valence-corrected chi connectivity index (χ2v) is 2.53. The lowest BCUT2D eigenvalue weighted by molar-refractivity contribution is -0.150. The van der Waals surface area contributed by atoms with Gasteiger partial charge in [-0.05, 0) is 26.0 Å². The van der Waals surface area contributed by atoms with Crippen molar-refractivity contribution in [3.8, 4) is 0 Å². The Labute approximate surface area is 72.2 Å². The summed E-state index contributed by atoms with van der Waals surface area (Å²) in [6.07, 6.45) is 2.64. The van der Waals surface area contributed by atoms with E-state index in [4.69, 9.17) is 0 Å². The van der Waals surface area contributed by atoms with Crippen molar-refractivity contribution in [1.82, 2.24) is 0 Å². The number of carbonyl (C=O) groups excluding carboxylic acids is 1. The molecule has 0 saturated heterocycles. The molecule has 0 aliphatic heterocycles. The van der Waals surface area contributed by atoms with Crippen molar-refractivity contribution in [1.29, 1.82) is 0 Å². The molecule has 0 bridgehead atoms. The second-order valence-electron chi connectivity index (χ2n) is 2.53. The van der Waals surface area contributed by atoms with Crippen LogP contribution in [0.2, 0.25) is 0 Å². The molecule has 0 aromatic rings. The molecule has 1 aliphatic carbocycles. The van der Waals surface area contributed by atoms with E-state index in [1.165, 1.54) is 7.11 Å². The van der Waals surface area contributed by atoms with Gasteiger partial charge in [-0.15, -0.1) is 12.4 Å². The topological polar surface area (TPSA) is 38.7 Å². The van der Waals surface area contributed by atoms with Crippen LogP contribution in [-0.4, -0.2) is 25.3 Å². The Morgan fingerprint density at radius 3 is 2.27 bits per heavy atom. The number of rotatable bonds is 2. The van der Waals surface area contributed by atoms with Crippen LogP contribution in [0.1, 0.15) is 19.3 Å². The van der Waals surface area contributed by atoms with Crippen LogP contribution >= 0.6 is 12.4 Å². The SMILES string of the molecule is C=NC1(C(=O)OC)CCC1.Cl. The van der Waals surface area contributed by atoms with E-state index < -0.39 is 5.54 Å². The lowest BCUT2D eigenvalue weighted by Crippen LogP contribution is -2.44. The summed E-state index contributed by atoms with van der Waals surface area (Å²) in [6, 6.07) is 0. The van der Waals surface area contributed by atoms with Crippen molar-refractivity contribution >= 4 is 25.1 Å². The fraction of sp³-hybridized carbons (Fsp3) is 0.714. The fourth-order valence-corrected chi connectivity index (χ4v) is 1.13. The standard InChI is InChI=1S/C7H11NO2.ClH/c1-8-7(4-3-5-7)6(9)10-2;/h1,3-5H2,2H3;1H. The van der Waals surface area contributed by atoms with Gasteiger partial charge in [0.25, 0.3) is 0 Å². The molecule has 0 radical (unpaired) electrons. The number of aliphatic imine (C=N–C) groups is 1. The molecule has 0 unspecified atom stereocenters. The fourth-order valence-electron chi connectivity index (χ4n) is 1.13. The third-order valence-electron chi connectivity index (χ3n) is 2.05. The summed E-state index contributed by atoms with van der Waals surface area (Å²) in [7, 11) is 1.38. The van der Waals surface area contributed by atoms with Crippen LogP contribution < -0.4 is 0 Å². The maximum Gasteiger partial charge on any atom is 0.333 e. The molecule has 3 nitrogen and oxygen atoms in total. The Kier molecular flexibility index (Phi) is 3.52. The zero-order chi connectivity index (χ0) is 7.61. The summed E-state index contributed by atoms with van der Waals surface area (Å²) in [6.45, 7) is 3.37. The summed E-state index contributed by atoms with van der Waals surface area (Å²) < 4.78 is 4.58. The molecule has 0 N–H and O–H groups in total. The van der Waals surface area contributed by atoms with Crippen molar-refractivity contribution in [3.63, 3.8) is 0 Å². The van der Waals surface area contributed by atoms with Crippen LogP contribution in [0, 0.1) is 0 Å². The van der Waals surface area contributed by atoms with Gasteiger partial charge in [-0.25, -0.2) is 4.79 Å². The van der Waals surface area contributed by atoms with Gasteiger partial charge < -0.3 is 4.74 Å². The molecule has 64 valence electrons. The quantitative estimate of drug-likeness (QED) is 0.470. The van der Waals surface area contributed by atoms with Gasteiger partial charge in [0, 0.05) is 0 Å². The predicted molar refractivity (Wildman–Crippen MR) is 45.4 cm³/mol. The van der Waals surface area contributed by atoms with E-state index in [-0.39, 0.29) is 18.4 Å². The number of nitrogens with zero attached hydrogens (tertiary/aromatic N) is 1. The first-order valence-corrected chi connectivity index (χ1v) is 3.31. The third-order valence-corrected chi connectivity index (χ3v) is 2.05. The van der Waals surface area contributed by atoms with Gasteiger partial charge in [0.05, 0.1) is 7.11 Å². The average Bonchev–Trinajstić information content (AvgIpc) is 1.86. The Bertz CT molecular complexity index is 166. The van der Waals surface area contributed by atoms with E-state index >= 15 is 0 Å². The zero-order valence-corrected chi connectivity index (χ0v) is 7.32. The minimum atomic E-state index is -0.575. The lowest BCUT2D eigenvalue weighted by atomic mass is 9.77. The number of carbonyl (C=O) groups is 1. The van der Waals surface area contributed by atoms with E-state index in [1.54, 1.807) is 0 Å². The van der Waals surface area contributed by atoms with Gasteiger partial charge in [-0.1, -0.05) is 0 Å². The van der Waals surface area contributed by atoms with Crippen LogP contribution in [0.3, 0.4) is 0 Å². The molecule has 1 aliphatic rings.